The predicted molar refractivity (Wildman–Crippen MR) is 88.1 cm³/mol. The Morgan fingerprint density at radius 2 is 2.19 bits per heavy atom. The van der Waals surface area contributed by atoms with E-state index < -0.39 is 0 Å². The number of H-pyrrole nitrogens is 1. The molecule has 0 spiro atoms. The molecule has 1 amide bonds. The molecule has 0 fully saturated rings. The molecule has 7 heteroatoms. The highest BCUT2D eigenvalue weighted by molar-refractivity contribution is 9.10. The van der Waals surface area contributed by atoms with E-state index in [2.05, 4.69) is 50.3 Å². The number of benzene rings is 1. The standard InChI is InChI=1S/C14H17BrN4OS/c1-9(2)7-16-12(20)8-21-14-17-13(18-19-14)10-5-3-4-6-11(10)15/h3-6,9H,7-8H2,1-2H3,(H,16,20)(H,17,18,19). The summed E-state index contributed by atoms with van der Waals surface area (Å²) in [7, 11) is 0. The van der Waals surface area contributed by atoms with Gasteiger partial charge in [0.15, 0.2) is 5.82 Å². The van der Waals surface area contributed by atoms with Crippen molar-refractivity contribution in [2.24, 2.45) is 5.92 Å². The van der Waals surface area contributed by atoms with Gasteiger partial charge in [-0.15, -0.1) is 5.10 Å². The number of hydrogen-bond donors (Lipinski definition) is 2. The first-order valence-electron chi connectivity index (χ1n) is 6.63. The molecule has 112 valence electrons. The van der Waals surface area contributed by atoms with Gasteiger partial charge in [0, 0.05) is 16.6 Å². The molecule has 0 aliphatic heterocycles. The lowest BCUT2D eigenvalue weighted by molar-refractivity contribution is -0.118. The Morgan fingerprint density at radius 3 is 2.90 bits per heavy atom. The minimum absolute atomic E-state index is 0.000872. The lowest BCUT2D eigenvalue weighted by Gasteiger charge is -2.05. The molecule has 2 aromatic rings. The Hall–Kier alpha value is -1.34. The van der Waals surface area contributed by atoms with Crippen LogP contribution in [0.5, 0.6) is 0 Å². The smallest absolute Gasteiger partial charge is 0.230 e. The molecular formula is C14H17BrN4OS. The van der Waals surface area contributed by atoms with E-state index in [-0.39, 0.29) is 5.91 Å². The van der Waals surface area contributed by atoms with E-state index in [1.807, 2.05) is 24.3 Å². The van der Waals surface area contributed by atoms with Crippen LogP contribution >= 0.6 is 27.7 Å². The molecule has 0 atom stereocenters. The number of aromatic amines is 1. The summed E-state index contributed by atoms with van der Waals surface area (Å²) in [6, 6.07) is 7.78. The molecule has 0 aliphatic carbocycles. The van der Waals surface area contributed by atoms with Gasteiger partial charge in [-0.3, -0.25) is 9.89 Å². The summed E-state index contributed by atoms with van der Waals surface area (Å²) in [5.74, 6) is 1.46. The third-order valence-electron chi connectivity index (χ3n) is 2.63. The Labute approximate surface area is 136 Å². The van der Waals surface area contributed by atoms with Gasteiger partial charge in [0.25, 0.3) is 0 Å². The highest BCUT2D eigenvalue weighted by Gasteiger charge is 2.10. The van der Waals surface area contributed by atoms with Crippen molar-refractivity contribution in [3.05, 3.63) is 28.7 Å². The number of rotatable bonds is 6. The quantitative estimate of drug-likeness (QED) is 0.768. The fraction of sp³-hybridized carbons (Fsp3) is 0.357. The van der Waals surface area contributed by atoms with Crippen molar-refractivity contribution >= 4 is 33.6 Å². The van der Waals surface area contributed by atoms with E-state index in [0.29, 0.717) is 29.2 Å². The zero-order valence-corrected chi connectivity index (χ0v) is 14.3. The molecule has 0 saturated carbocycles. The van der Waals surface area contributed by atoms with Crippen LogP contribution in [0.25, 0.3) is 11.4 Å². The molecule has 0 radical (unpaired) electrons. The second-order valence-electron chi connectivity index (χ2n) is 4.93. The van der Waals surface area contributed by atoms with Crippen LogP contribution in [0.3, 0.4) is 0 Å². The third-order valence-corrected chi connectivity index (χ3v) is 4.17. The summed E-state index contributed by atoms with van der Waals surface area (Å²) < 4.78 is 0.951. The molecule has 1 aromatic heterocycles. The first-order valence-corrected chi connectivity index (χ1v) is 8.41. The Kier molecular flexibility index (Phi) is 5.81. The van der Waals surface area contributed by atoms with Crippen molar-refractivity contribution in [1.29, 1.82) is 0 Å². The van der Waals surface area contributed by atoms with Crippen molar-refractivity contribution in [3.8, 4) is 11.4 Å². The van der Waals surface area contributed by atoms with Crippen molar-refractivity contribution in [3.63, 3.8) is 0 Å². The first kappa shape index (κ1) is 16.0. The summed E-state index contributed by atoms with van der Waals surface area (Å²) in [5, 5.41) is 10.5. The second kappa shape index (κ2) is 7.61. The fourth-order valence-electron chi connectivity index (χ4n) is 1.58. The average molecular weight is 369 g/mol. The summed E-state index contributed by atoms with van der Waals surface area (Å²) in [4.78, 5) is 16.0. The predicted octanol–water partition coefficient (Wildman–Crippen LogP) is 3.10. The van der Waals surface area contributed by atoms with Crippen LogP contribution in [0.15, 0.2) is 33.9 Å². The summed E-state index contributed by atoms with van der Waals surface area (Å²) in [6.07, 6.45) is 0. The zero-order chi connectivity index (χ0) is 15.2. The van der Waals surface area contributed by atoms with E-state index in [9.17, 15) is 4.79 Å². The number of halogens is 1. The monoisotopic (exact) mass is 368 g/mol. The Bertz CT molecular complexity index is 615. The first-order chi connectivity index (χ1) is 10.1. The lowest BCUT2D eigenvalue weighted by Crippen LogP contribution is -2.28. The molecule has 5 nitrogen and oxygen atoms in total. The molecule has 0 bridgehead atoms. The Morgan fingerprint density at radius 1 is 1.43 bits per heavy atom. The van der Waals surface area contributed by atoms with E-state index in [1.54, 1.807) is 0 Å². The largest absolute Gasteiger partial charge is 0.355 e. The van der Waals surface area contributed by atoms with Gasteiger partial charge >= 0.3 is 0 Å². The lowest BCUT2D eigenvalue weighted by atomic mass is 10.2. The number of nitrogens with one attached hydrogen (secondary N) is 2. The summed E-state index contributed by atoms with van der Waals surface area (Å²) >= 11 is 4.80. The van der Waals surface area contributed by atoms with Crippen LogP contribution in [0.2, 0.25) is 0 Å². The molecule has 21 heavy (non-hydrogen) atoms. The molecule has 1 heterocycles. The number of thioether (sulfide) groups is 1. The van der Waals surface area contributed by atoms with E-state index in [0.717, 1.165) is 10.0 Å². The maximum atomic E-state index is 11.6. The molecule has 0 aliphatic rings. The number of carbonyl (C=O) groups is 1. The summed E-state index contributed by atoms with van der Waals surface area (Å²) in [6.45, 7) is 4.81. The molecule has 0 saturated heterocycles. The minimum Gasteiger partial charge on any atom is -0.355 e. The van der Waals surface area contributed by atoms with Gasteiger partial charge in [0.2, 0.25) is 11.1 Å². The molecular weight excluding hydrogens is 352 g/mol. The van der Waals surface area contributed by atoms with Crippen LogP contribution in [0.1, 0.15) is 13.8 Å². The second-order valence-corrected chi connectivity index (χ2v) is 6.73. The topological polar surface area (TPSA) is 70.7 Å². The van der Waals surface area contributed by atoms with Gasteiger partial charge in [-0.05, 0) is 12.0 Å². The van der Waals surface area contributed by atoms with Crippen LogP contribution in [0.4, 0.5) is 0 Å². The zero-order valence-electron chi connectivity index (χ0n) is 11.9. The van der Waals surface area contributed by atoms with Crippen molar-refractivity contribution in [2.75, 3.05) is 12.3 Å². The highest BCUT2D eigenvalue weighted by atomic mass is 79.9. The maximum absolute atomic E-state index is 11.6. The van der Waals surface area contributed by atoms with Crippen LogP contribution < -0.4 is 5.32 Å². The molecule has 2 N–H and O–H groups in total. The van der Waals surface area contributed by atoms with Gasteiger partial charge in [-0.1, -0.05) is 59.7 Å². The number of aromatic nitrogens is 3. The summed E-state index contributed by atoms with van der Waals surface area (Å²) in [5.41, 5.74) is 0.945. The third kappa shape index (κ3) is 4.86. The maximum Gasteiger partial charge on any atom is 0.230 e. The molecule has 1 aromatic carbocycles. The molecule has 0 unspecified atom stereocenters. The fourth-order valence-corrected chi connectivity index (χ4v) is 2.68. The van der Waals surface area contributed by atoms with Crippen molar-refractivity contribution < 1.29 is 4.79 Å². The highest BCUT2D eigenvalue weighted by Crippen LogP contribution is 2.26. The number of carbonyl (C=O) groups excluding carboxylic acids is 1. The van der Waals surface area contributed by atoms with Crippen molar-refractivity contribution in [1.82, 2.24) is 20.5 Å². The number of nitrogens with zero attached hydrogens (tertiary/aromatic N) is 2. The molecule has 2 rings (SSSR count). The average Bonchev–Trinajstić information content (AvgIpc) is 2.92. The van der Waals surface area contributed by atoms with Crippen LogP contribution in [0, 0.1) is 5.92 Å². The van der Waals surface area contributed by atoms with Gasteiger partial charge in [0.05, 0.1) is 5.75 Å². The van der Waals surface area contributed by atoms with E-state index >= 15 is 0 Å². The number of amides is 1. The van der Waals surface area contributed by atoms with E-state index in [1.165, 1.54) is 11.8 Å². The van der Waals surface area contributed by atoms with Gasteiger partial charge in [-0.25, -0.2) is 4.98 Å². The SMILES string of the molecule is CC(C)CNC(=O)CSc1n[nH]c(-c2ccccc2Br)n1. The number of hydrogen-bond acceptors (Lipinski definition) is 4. The van der Waals surface area contributed by atoms with E-state index in [4.69, 9.17) is 0 Å². The van der Waals surface area contributed by atoms with Gasteiger partial charge < -0.3 is 5.32 Å². The van der Waals surface area contributed by atoms with Crippen LogP contribution in [-0.4, -0.2) is 33.4 Å². The minimum atomic E-state index is 0.000872. The van der Waals surface area contributed by atoms with Crippen LogP contribution in [-0.2, 0) is 4.79 Å². The van der Waals surface area contributed by atoms with Gasteiger partial charge in [-0.2, -0.15) is 0 Å². The van der Waals surface area contributed by atoms with Gasteiger partial charge in [0.1, 0.15) is 0 Å². The van der Waals surface area contributed by atoms with Crippen molar-refractivity contribution in [2.45, 2.75) is 19.0 Å². The normalized spacial score (nSPS) is 10.9. The Balaban J connectivity index is 1.92.